The molecule has 1 N–H and O–H groups in total. The van der Waals surface area contributed by atoms with Gasteiger partial charge < -0.3 is 4.89 Å². The Morgan fingerprint density at radius 1 is 0.944 bits per heavy atom. The molecule has 18 heavy (non-hydrogen) atoms. The van der Waals surface area contributed by atoms with Crippen LogP contribution in [-0.2, 0) is 18.7 Å². The van der Waals surface area contributed by atoms with Gasteiger partial charge in [-0.15, -0.1) is 4.67 Å². The van der Waals surface area contributed by atoms with E-state index in [1.165, 1.54) is 38.5 Å². The highest BCUT2D eigenvalue weighted by atomic mass is 31.2. The van der Waals surface area contributed by atoms with Crippen LogP contribution in [0.25, 0.3) is 0 Å². The first kappa shape index (κ1) is 18.1. The second-order valence-corrected chi connectivity index (χ2v) is 5.60. The fraction of sp³-hybridized carbons (Fsp3) is 1.00. The van der Waals surface area contributed by atoms with Gasteiger partial charge in [-0.3, -0.25) is 4.52 Å². The SMILES string of the molecule is CCCCCCCCCCOOP(=O)(O)OCC. The molecule has 0 amide bonds. The molecule has 0 aliphatic carbocycles. The molecule has 0 saturated carbocycles. The van der Waals surface area contributed by atoms with Gasteiger partial charge in [0.05, 0.1) is 13.2 Å². The van der Waals surface area contributed by atoms with Crippen molar-refractivity contribution in [3.63, 3.8) is 0 Å². The summed E-state index contributed by atoms with van der Waals surface area (Å²) in [6, 6.07) is 0. The van der Waals surface area contributed by atoms with Crippen molar-refractivity contribution in [3.05, 3.63) is 0 Å². The summed E-state index contributed by atoms with van der Waals surface area (Å²) in [5.74, 6) is 0. The van der Waals surface area contributed by atoms with Gasteiger partial charge in [0, 0.05) is 0 Å². The van der Waals surface area contributed by atoms with Gasteiger partial charge in [-0.1, -0.05) is 51.9 Å². The maximum atomic E-state index is 11.0. The highest BCUT2D eigenvalue weighted by Crippen LogP contribution is 2.43. The molecule has 0 heterocycles. The molecule has 0 radical (unpaired) electrons. The van der Waals surface area contributed by atoms with Crippen LogP contribution in [0.15, 0.2) is 0 Å². The smallest absolute Gasteiger partial charge is 0.301 e. The lowest BCUT2D eigenvalue weighted by Crippen LogP contribution is -1.98. The monoisotopic (exact) mass is 282 g/mol. The summed E-state index contributed by atoms with van der Waals surface area (Å²) in [4.78, 5) is 13.7. The molecule has 0 aliphatic heterocycles. The van der Waals surface area contributed by atoms with E-state index in [2.05, 4.69) is 21.0 Å². The molecule has 6 heteroatoms. The van der Waals surface area contributed by atoms with E-state index in [9.17, 15) is 4.57 Å². The zero-order valence-electron chi connectivity index (χ0n) is 11.6. The van der Waals surface area contributed by atoms with Crippen LogP contribution in [0.3, 0.4) is 0 Å². The van der Waals surface area contributed by atoms with E-state index < -0.39 is 7.82 Å². The minimum Gasteiger partial charge on any atom is -0.301 e. The van der Waals surface area contributed by atoms with Gasteiger partial charge in [-0.25, -0.2) is 9.45 Å². The summed E-state index contributed by atoms with van der Waals surface area (Å²) in [6.07, 6.45) is 9.51. The number of hydrogen-bond donors (Lipinski definition) is 1. The minimum absolute atomic E-state index is 0.120. The van der Waals surface area contributed by atoms with E-state index in [0.29, 0.717) is 6.61 Å². The van der Waals surface area contributed by atoms with Crippen molar-refractivity contribution >= 4 is 7.82 Å². The number of phosphoric ester groups is 1. The van der Waals surface area contributed by atoms with Gasteiger partial charge in [0.1, 0.15) is 0 Å². The summed E-state index contributed by atoms with van der Waals surface area (Å²) in [5.41, 5.74) is 0. The Balaban J connectivity index is 3.18. The lowest BCUT2D eigenvalue weighted by Gasteiger charge is -2.09. The summed E-state index contributed by atoms with van der Waals surface area (Å²) >= 11 is 0. The Labute approximate surface area is 110 Å². The molecule has 0 spiro atoms. The second-order valence-electron chi connectivity index (χ2n) is 4.26. The molecule has 0 fully saturated rings. The normalized spacial score (nSPS) is 14.6. The first-order valence-corrected chi connectivity index (χ1v) is 8.40. The number of rotatable bonds is 13. The molecule has 110 valence electrons. The first-order valence-electron chi connectivity index (χ1n) is 6.91. The van der Waals surface area contributed by atoms with Crippen molar-refractivity contribution in [3.8, 4) is 0 Å². The van der Waals surface area contributed by atoms with Crippen LogP contribution in [0.4, 0.5) is 0 Å². The highest BCUT2D eigenvalue weighted by molar-refractivity contribution is 7.47. The molecular weight excluding hydrogens is 255 g/mol. The largest absolute Gasteiger partial charge is 0.499 e. The van der Waals surface area contributed by atoms with Crippen LogP contribution < -0.4 is 0 Å². The molecule has 0 aromatic rings. The van der Waals surface area contributed by atoms with Crippen LogP contribution in [0.5, 0.6) is 0 Å². The summed E-state index contributed by atoms with van der Waals surface area (Å²) in [5, 5.41) is 0. The third kappa shape index (κ3) is 12.5. The fourth-order valence-electron chi connectivity index (χ4n) is 1.58. The average Bonchev–Trinajstić information content (AvgIpc) is 2.31. The Morgan fingerprint density at radius 3 is 2.06 bits per heavy atom. The van der Waals surface area contributed by atoms with Gasteiger partial charge in [0.2, 0.25) is 0 Å². The van der Waals surface area contributed by atoms with Crippen LogP contribution in [-0.4, -0.2) is 18.1 Å². The van der Waals surface area contributed by atoms with E-state index in [0.717, 1.165) is 12.8 Å². The zero-order valence-corrected chi connectivity index (χ0v) is 12.5. The van der Waals surface area contributed by atoms with Gasteiger partial charge in [-0.05, 0) is 13.3 Å². The predicted molar refractivity (Wildman–Crippen MR) is 71.1 cm³/mol. The van der Waals surface area contributed by atoms with E-state index >= 15 is 0 Å². The van der Waals surface area contributed by atoms with Gasteiger partial charge in [0.25, 0.3) is 0 Å². The predicted octanol–water partition coefficient (Wildman–Crippen LogP) is 4.21. The van der Waals surface area contributed by atoms with Crippen molar-refractivity contribution in [2.24, 2.45) is 0 Å². The molecule has 0 aliphatic rings. The van der Waals surface area contributed by atoms with Crippen molar-refractivity contribution in [1.29, 1.82) is 0 Å². The Morgan fingerprint density at radius 2 is 1.50 bits per heavy atom. The summed E-state index contributed by atoms with van der Waals surface area (Å²) in [6.45, 7) is 4.27. The van der Waals surface area contributed by atoms with E-state index in [1.54, 1.807) is 6.92 Å². The van der Waals surface area contributed by atoms with E-state index in [1.807, 2.05) is 0 Å². The van der Waals surface area contributed by atoms with E-state index in [-0.39, 0.29) is 6.61 Å². The zero-order chi connectivity index (χ0) is 13.7. The number of unbranched alkanes of at least 4 members (excludes halogenated alkanes) is 7. The maximum Gasteiger partial charge on any atom is 0.499 e. The third-order valence-electron chi connectivity index (χ3n) is 2.52. The lowest BCUT2D eigenvalue weighted by molar-refractivity contribution is -0.224. The molecule has 0 aromatic carbocycles. The molecule has 0 aromatic heterocycles. The Hall–Kier alpha value is 0.0700. The molecule has 1 atom stereocenters. The Kier molecular flexibility index (Phi) is 12.2. The summed E-state index contributed by atoms with van der Waals surface area (Å²) < 4.78 is 19.8. The molecule has 1 unspecified atom stereocenters. The fourth-order valence-corrected chi connectivity index (χ4v) is 2.16. The minimum atomic E-state index is -3.99. The van der Waals surface area contributed by atoms with E-state index in [4.69, 9.17) is 4.89 Å². The topological polar surface area (TPSA) is 65.0 Å². The standard InChI is InChI=1S/C12H27O5P/c1-3-5-6-7-8-9-10-11-12-15-17-18(13,14)16-4-2/h3-12H2,1-2H3,(H,13,14). The highest BCUT2D eigenvalue weighted by Gasteiger charge is 2.21. The maximum absolute atomic E-state index is 11.0. The van der Waals surface area contributed by atoms with Gasteiger partial charge >= 0.3 is 7.82 Å². The molecule has 5 nitrogen and oxygen atoms in total. The Bertz CT molecular complexity index is 223. The van der Waals surface area contributed by atoms with Crippen LogP contribution in [0.2, 0.25) is 0 Å². The van der Waals surface area contributed by atoms with Crippen molar-refractivity contribution in [1.82, 2.24) is 0 Å². The van der Waals surface area contributed by atoms with Crippen LogP contribution in [0, 0.1) is 0 Å². The third-order valence-corrected chi connectivity index (χ3v) is 3.40. The molecule has 0 rings (SSSR count). The molecule has 0 bridgehead atoms. The van der Waals surface area contributed by atoms with Gasteiger partial charge in [-0.2, -0.15) is 0 Å². The molecule has 0 saturated heterocycles. The number of hydrogen-bond acceptors (Lipinski definition) is 4. The summed E-state index contributed by atoms with van der Waals surface area (Å²) in [7, 11) is -3.99. The first-order chi connectivity index (χ1) is 8.62. The average molecular weight is 282 g/mol. The quantitative estimate of drug-likeness (QED) is 0.237. The van der Waals surface area contributed by atoms with Crippen LogP contribution in [0.1, 0.15) is 65.2 Å². The molecular formula is C12H27O5P. The van der Waals surface area contributed by atoms with Crippen LogP contribution >= 0.6 is 7.82 Å². The second kappa shape index (κ2) is 12.1. The van der Waals surface area contributed by atoms with Gasteiger partial charge in [0.15, 0.2) is 0 Å². The number of phosphoric acid groups is 1. The van der Waals surface area contributed by atoms with Crippen molar-refractivity contribution < 1.29 is 23.5 Å². The van der Waals surface area contributed by atoms with Crippen molar-refractivity contribution in [2.75, 3.05) is 13.2 Å². The van der Waals surface area contributed by atoms with Crippen molar-refractivity contribution in [2.45, 2.75) is 65.2 Å². The lowest BCUT2D eigenvalue weighted by atomic mass is 10.1.